The van der Waals surface area contributed by atoms with E-state index in [0.717, 1.165) is 37.0 Å². The normalized spacial score (nSPS) is 16.7. The van der Waals surface area contributed by atoms with Gasteiger partial charge in [-0.25, -0.2) is 0 Å². The first kappa shape index (κ1) is 15.8. The molecule has 1 amide bonds. The Morgan fingerprint density at radius 3 is 2.76 bits per heavy atom. The van der Waals surface area contributed by atoms with Crippen molar-refractivity contribution in [3.63, 3.8) is 0 Å². The van der Waals surface area contributed by atoms with E-state index < -0.39 is 5.60 Å². The van der Waals surface area contributed by atoms with Gasteiger partial charge in [-0.05, 0) is 43.9 Å². The number of aryl methyl sites for hydroxylation is 1. The Hall–Kier alpha value is -1.55. The molecule has 0 saturated heterocycles. The largest absolute Gasteiger partial charge is 0.493 e. The number of nitrogens with one attached hydrogen (secondary N) is 1. The van der Waals surface area contributed by atoms with Crippen LogP contribution in [0.3, 0.4) is 0 Å². The topological polar surface area (TPSA) is 58.6 Å². The van der Waals surface area contributed by atoms with Crippen LogP contribution in [0.2, 0.25) is 0 Å². The van der Waals surface area contributed by atoms with Gasteiger partial charge >= 0.3 is 0 Å². The molecule has 1 aliphatic rings. The summed E-state index contributed by atoms with van der Waals surface area (Å²) in [4.78, 5) is 11.8. The van der Waals surface area contributed by atoms with Gasteiger partial charge < -0.3 is 15.2 Å². The average Bonchev–Trinajstić information content (AvgIpc) is 2.89. The van der Waals surface area contributed by atoms with E-state index in [2.05, 4.69) is 5.32 Å². The second-order valence-corrected chi connectivity index (χ2v) is 6.00. The van der Waals surface area contributed by atoms with Crippen molar-refractivity contribution in [3.8, 4) is 5.75 Å². The van der Waals surface area contributed by atoms with Crippen LogP contribution in [0.15, 0.2) is 18.2 Å². The van der Waals surface area contributed by atoms with E-state index in [4.69, 9.17) is 4.74 Å². The lowest BCUT2D eigenvalue weighted by Gasteiger charge is -2.22. The maximum Gasteiger partial charge on any atom is 0.223 e. The number of rotatable bonds is 6. The van der Waals surface area contributed by atoms with Crippen LogP contribution in [-0.4, -0.2) is 29.8 Å². The van der Waals surface area contributed by atoms with Gasteiger partial charge in [-0.3, -0.25) is 4.79 Å². The van der Waals surface area contributed by atoms with Crippen molar-refractivity contribution < 1.29 is 14.6 Å². The van der Waals surface area contributed by atoms with Crippen LogP contribution in [-0.2, 0) is 4.79 Å². The number of ether oxygens (including phenoxy) is 1. The number of carbonyl (C=O) groups excluding carboxylic acids is 1. The van der Waals surface area contributed by atoms with E-state index in [1.165, 1.54) is 5.56 Å². The first-order valence-corrected chi connectivity index (χ1v) is 7.68. The van der Waals surface area contributed by atoms with Gasteiger partial charge in [-0.2, -0.15) is 0 Å². The fourth-order valence-corrected chi connectivity index (χ4v) is 2.70. The summed E-state index contributed by atoms with van der Waals surface area (Å²) in [6.07, 6.45) is 3.96. The van der Waals surface area contributed by atoms with E-state index in [1.807, 2.05) is 32.0 Å². The molecule has 0 unspecified atom stereocenters. The van der Waals surface area contributed by atoms with E-state index in [1.54, 1.807) is 0 Å². The summed E-state index contributed by atoms with van der Waals surface area (Å²) < 4.78 is 5.66. The summed E-state index contributed by atoms with van der Waals surface area (Å²) in [6, 6.07) is 5.91. The van der Waals surface area contributed by atoms with Gasteiger partial charge in [0.1, 0.15) is 5.75 Å². The minimum absolute atomic E-state index is 0.0689. The predicted molar refractivity (Wildman–Crippen MR) is 82.5 cm³/mol. The minimum Gasteiger partial charge on any atom is -0.493 e. The Morgan fingerprint density at radius 1 is 1.33 bits per heavy atom. The molecule has 0 aliphatic heterocycles. The second-order valence-electron chi connectivity index (χ2n) is 6.00. The lowest BCUT2D eigenvalue weighted by Crippen LogP contribution is -2.41. The molecule has 4 heteroatoms. The number of hydrogen-bond donors (Lipinski definition) is 2. The van der Waals surface area contributed by atoms with Crippen LogP contribution < -0.4 is 10.1 Å². The monoisotopic (exact) mass is 291 g/mol. The summed E-state index contributed by atoms with van der Waals surface area (Å²) in [5, 5.41) is 13.0. The molecule has 1 saturated carbocycles. The average molecular weight is 291 g/mol. The van der Waals surface area contributed by atoms with Crippen LogP contribution in [0.25, 0.3) is 0 Å². The van der Waals surface area contributed by atoms with Gasteiger partial charge in [0.2, 0.25) is 5.91 Å². The number of benzene rings is 1. The molecule has 1 aromatic rings. The summed E-state index contributed by atoms with van der Waals surface area (Å²) in [5.41, 5.74) is 1.60. The Bertz CT molecular complexity index is 493. The van der Waals surface area contributed by atoms with Crippen LogP contribution in [0.4, 0.5) is 0 Å². The zero-order valence-corrected chi connectivity index (χ0v) is 12.9. The summed E-state index contributed by atoms with van der Waals surface area (Å²) in [7, 11) is 0. The zero-order chi connectivity index (χ0) is 15.3. The molecular weight excluding hydrogens is 266 g/mol. The van der Waals surface area contributed by atoms with Gasteiger partial charge in [0.25, 0.3) is 0 Å². The quantitative estimate of drug-likeness (QED) is 0.846. The minimum atomic E-state index is -0.691. The molecule has 1 aliphatic carbocycles. The highest BCUT2D eigenvalue weighted by Crippen LogP contribution is 2.28. The lowest BCUT2D eigenvalue weighted by atomic mass is 10.0. The van der Waals surface area contributed by atoms with E-state index >= 15 is 0 Å². The van der Waals surface area contributed by atoms with Crippen LogP contribution >= 0.6 is 0 Å². The molecule has 4 nitrogen and oxygen atoms in total. The van der Waals surface area contributed by atoms with Gasteiger partial charge in [-0.1, -0.05) is 25.0 Å². The van der Waals surface area contributed by atoms with Crippen LogP contribution in [0, 0.1) is 13.8 Å². The Kier molecular flexibility index (Phi) is 5.23. The fourth-order valence-electron chi connectivity index (χ4n) is 2.70. The Labute approximate surface area is 126 Å². The molecule has 0 heterocycles. The second kappa shape index (κ2) is 6.94. The smallest absolute Gasteiger partial charge is 0.223 e. The highest BCUT2D eigenvalue weighted by molar-refractivity contribution is 5.76. The van der Waals surface area contributed by atoms with Crippen molar-refractivity contribution in [1.82, 2.24) is 5.32 Å². The van der Waals surface area contributed by atoms with Crippen molar-refractivity contribution in [2.24, 2.45) is 0 Å². The zero-order valence-electron chi connectivity index (χ0n) is 12.9. The fraction of sp³-hybridized carbons (Fsp3) is 0.588. The van der Waals surface area contributed by atoms with Crippen LogP contribution in [0.5, 0.6) is 5.75 Å². The molecule has 2 N–H and O–H groups in total. The third-order valence-electron chi connectivity index (χ3n) is 4.29. The molecule has 21 heavy (non-hydrogen) atoms. The molecule has 0 bridgehead atoms. The molecule has 116 valence electrons. The van der Waals surface area contributed by atoms with Gasteiger partial charge in [0, 0.05) is 6.54 Å². The number of aliphatic hydroxyl groups is 1. The van der Waals surface area contributed by atoms with Gasteiger partial charge in [0.05, 0.1) is 18.6 Å². The highest BCUT2D eigenvalue weighted by atomic mass is 16.5. The SMILES string of the molecule is Cc1cccc(OCCC(=O)NCC2(O)CCCC2)c1C. The Balaban J connectivity index is 1.70. The molecular formula is C17H25NO3. The van der Waals surface area contributed by atoms with Crippen molar-refractivity contribution in [3.05, 3.63) is 29.3 Å². The van der Waals surface area contributed by atoms with Crippen molar-refractivity contribution >= 4 is 5.91 Å². The number of carbonyl (C=O) groups is 1. The summed E-state index contributed by atoms with van der Waals surface area (Å²) >= 11 is 0. The summed E-state index contributed by atoms with van der Waals surface area (Å²) in [5.74, 6) is 0.762. The van der Waals surface area contributed by atoms with E-state index in [9.17, 15) is 9.90 Å². The number of hydrogen-bond acceptors (Lipinski definition) is 3. The maximum absolute atomic E-state index is 11.8. The third kappa shape index (κ3) is 4.46. The van der Waals surface area contributed by atoms with Gasteiger partial charge in [-0.15, -0.1) is 0 Å². The molecule has 0 radical (unpaired) electrons. The summed E-state index contributed by atoms with van der Waals surface area (Å²) in [6.45, 7) is 4.77. The molecule has 0 spiro atoms. The van der Waals surface area contributed by atoms with Crippen molar-refractivity contribution in [1.29, 1.82) is 0 Å². The first-order valence-electron chi connectivity index (χ1n) is 7.68. The van der Waals surface area contributed by atoms with E-state index in [-0.39, 0.29) is 5.91 Å². The van der Waals surface area contributed by atoms with Crippen LogP contribution in [0.1, 0.15) is 43.2 Å². The first-order chi connectivity index (χ1) is 10.0. The van der Waals surface area contributed by atoms with Gasteiger partial charge in [0.15, 0.2) is 0 Å². The van der Waals surface area contributed by atoms with Crippen molar-refractivity contribution in [2.45, 2.75) is 51.6 Å². The molecule has 0 aromatic heterocycles. The molecule has 0 atom stereocenters. The highest BCUT2D eigenvalue weighted by Gasteiger charge is 2.31. The standard InChI is InChI=1S/C17H25NO3/c1-13-6-5-7-15(14(13)2)21-11-8-16(19)18-12-17(20)9-3-4-10-17/h5-7,20H,3-4,8-12H2,1-2H3,(H,18,19). The molecule has 2 rings (SSSR count). The predicted octanol–water partition coefficient (Wildman–Crippen LogP) is 2.49. The Morgan fingerprint density at radius 2 is 2.05 bits per heavy atom. The van der Waals surface area contributed by atoms with E-state index in [0.29, 0.717) is 19.6 Å². The lowest BCUT2D eigenvalue weighted by molar-refractivity contribution is -0.122. The molecule has 1 fully saturated rings. The molecule has 1 aromatic carbocycles. The maximum atomic E-state index is 11.8. The number of amides is 1. The third-order valence-corrected chi connectivity index (χ3v) is 4.29. The van der Waals surface area contributed by atoms with Crippen molar-refractivity contribution in [2.75, 3.05) is 13.2 Å².